The first kappa shape index (κ1) is 25.0. The van der Waals surface area contributed by atoms with E-state index in [-0.39, 0.29) is 29.0 Å². The number of aryl methyl sites for hydroxylation is 3. The number of fused-ring (bicyclic) bond motifs is 1. The minimum atomic E-state index is -4.57. The van der Waals surface area contributed by atoms with Gasteiger partial charge >= 0.3 is 6.18 Å². The summed E-state index contributed by atoms with van der Waals surface area (Å²) in [6.07, 6.45) is -4.57. The maximum absolute atomic E-state index is 13.6. The Morgan fingerprint density at radius 2 is 1.66 bits per heavy atom. The molecule has 0 unspecified atom stereocenters. The number of anilines is 1. The molecular weight excluding hydrogens is 504 g/mol. The average molecular weight is 525 g/mol. The normalized spacial score (nSPS) is 11.9. The molecule has 12 heteroatoms. The number of benzene rings is 1. The van der Waals surface area contributed by atoms with Gasteiger partial charge in [0.15, 0.2) is 5.65 Å². The number of aromatic nitrogens is 5. The summed E-state index contributed by atoms with van der Waals surface area (Å²) in [5.41, 5.74) is 1.92. The van der Waals surface area contributed by atoms with Crippen LogP contribution in [-0.2, 0) is 24.1 Å². The molecule has 0 aliphatic heterocycles. The van der Waals surface area contributed by atoms with Crippen molar-refractivity contribution in [3.63, 3.8) is 0 Å². The fraction of sp³-hybridized carbons (Fsp3) is 0.304. The van der Waals surface area contributed by atoms with E-state index in [2.05, 4.69) is 20.5 Å². The van der Waals surface area contributed by atoms with Crippen LogP contribution in [0.1, 0.15) is 33.9 Å². The van der Waals surface area contributed by atoms with E-state index >= 15 is 0 Å². The Kier molecular flexibility index (Phi) is 6.54. The number of alkyl halides is 3. The number of nitrogens with one attached hydrogen (secondary N) is 1. The molecule has 3 aromatic heterocycles. The van der Waals surface area contributed by atoms with Crippen LogP contribution in [0.3, 0.4) is 0 Å². The largest absolute Gasteiger partial charge is 0.417 e. The van der Waals surface area contributed by atoms with Crippen molar-refractivity contribution in [1.29, 1.82) is 0 Å². The molecule has 0 aliphatic rings. The predicted molar refractivity (Wildman–Crippen MR) is 128 cm³/mol. The summed E-state index contributed by atoms with van der Waals surface area (Å²) in [4.78, 5) is 17.1. The van der Waals surface area contributed by atoms with Crippen LogP contribution in [-0.4, -0.2) is 30.5 Å². The quantitative estimate of drug-likeness (QED) is 0.354. The van der Waals surface area contributed by atoms with Crippen LogP contribution >= 0.6 is 23.2 Å². The lowest BCUT2D eigenvalue weighted by Crippen LogP contribution is -2.20. The number of halogens is 5. The van der Waals surface area contributed by atoms with Crippen LogP contribution in [0.2, 0.25) is 10.0 Å². The second-order valence-electron chi connectivity index (χ2n) is 8.20. The molecule has 4 rings (SSSR count). The molecule has 0 aliphatic carbocycles. The zero-order valence-corrected chi connectivity index (χ0v) is 20.8. The van der Waals surface area contributed by atoms with Crippen LogP contribution in [0.25, 0.3) is 11.0 Å². The van der Waals surface area contributed by atoms with Gasteiger partial charge in [-0.1, -0.05) is 29.3 Å². The smallest absolute Gasteiger partial charge is 0.321 e. The van der Waals surface area contributed by atoms with Crippen molar-refractivity contribution in [2.45, 2.75) is 47.0 Å². The number of pyridine rings is 1. The third-order valence-electron chi connectivity index (χ3n) is 5.62. The van der Waals surface area contributed by atoms with Crippen LogP contribution < -0.4 is 5.32 Å². The minimum absolute atomic E-state index is 0.00229. The maximum Gasteiger partial charge on any atom is 0.417 e. The molecule has 1 aromatic carbocycles. The van der Waals surface area contributed by atoms with E-state index in [1.54, 1.807) is 36.7 Å². The molecule has 4 aromatic rings. The van der Waals surface area contributed by atoms with Gasteiger partial charge in [0.05, 0.1) is 40.3 Å². The zero-order chi connectivity index (χ0) is 25.7. The summed E-state index contributed by atoms with van der Waals surface area (Å²) < 4.78 is 43.5. The lowest BCUT2D eigenvalue weighted by molar-refractivity contribution is -0.136. The van der Waals surface area contributed by atoms with E-state index in [1.807, 2.05) is 0 Å². The van der Waals surface area contributed by atoms with Gasteiger partial charge in [0.25, 0.3) is 0 Å². The van der Waals surface area contributed by atoms with Gasteiger partial charge in [-0.3, -0.25) is 9.48 Å². The van der Waals surface area contributed by atoms with Crippen molar-refractivity contribution in [3.05, 3.63) is 68.2 Å². The number of carbonyl (C=O) groups excluding carboxylic acids is 1. The lowest BCUT2D eigenvalue weighted by Gasteiger charge is -2.11. The van der Waals surface area contributed by atoms with Crippen LogP contribution in [0.4, 0.5) is 18.9 Å². The summed E-state index contributed by atoms with van der Waals surface area (Å²) in [6, 6.07) is 6.19. The first-order valence-corrected chi connectivity index (χ1v) is 11.3. The SMILES string of the molecule is Cc1cc(C(F)(F)F)c2c(C)nn(CC(=O)Nc3c(C)nn(Cc4c(Cl)cccc4Cl)c3C)c2n1. The molecule has 3 heterocycles. The number of hydrogen-bond donors (Lipinski definition) is 1. The molecule has 0 radical (unpaired) electrons. The molecule has 0 spiro atoms. The Balaban J connectivity index is 1.61. The molecule has 0 fully saturated rings. The van der Waals surface area contributed by atoms with E-state index in [0.29, 0.717) is 39.2 Å². The lowest BCUT2D eigenvalue weighted by atomic mass is 10.1. The highest BCUT2D eigenvalue weighted by Crippen LogP contribution is 2.36. The first-order valence-electron chi connectivity index (χ1n) is 10.6. The fourth-order valence-electron chi connectivity index (χ4n) is 3.99. The number of amides is 1. The first-order chi connectivity index (χ1) is 16.4. The molecule has 0 atom stereocenters. The van der Waals surface area contributed by atoms with Gasteiger partial charge in [0.2, 0.25) is 5.91 Å². The second kappa shape index (κ2) is 9.16. The van der Waals surface area contributed by atoms with Gasteiger partial charge in [-0.25, -0.2) is 9.67 Å². The summed E-state index contributed by atoms with van der Waals surface area (Å²) in [6.45, 7) is 6.43. The van der Waals surface area contributed by atoms with E-state index in [4.69, 9.17) is 23.2 Å². The highest BCUT2D eigenvalue weighted by atomic mass is 35.5. The number of hydrogen-bond acceptors (Lipinski definition) is 4. The van der Waals surface area contributed by atoms with Crippen LogP contribution in [0, 0.1) is 27.7 Å². The third-order valence-corrected chi connectivity index (χ3v) is 6.33. The fourth-order valence-corrected chi connectivity index (χ4v) is 4.51. The standard InChI is InChI=1S/C23H21Cl2F3N6O/c1-11-8-16(23(26,27)28)20-12(2)31-34(22(20)29-11)10-19(35)30-21-13(3)32-33(14(21)4)9-15-17(24)6-5-7-18(15)25/h5-8H,9-10H2,1-4H3,(H,30,35). The Morgan fingerprint density at radius 3 is 2.29 bits per heavy atom. The second-order valence-corrected chi connectivity index (χ2v) is 9.02. The van der Waals surface area contributed by atoms with Gasteiger partial charge in [0, 0.05) is 21.3 Å². The average Bonchev–Trinajstić information content (AvgIpc) is 3.20. The van der Waals surface area contributed by atoms with Crippen molar-refractivity contribution in [2.75, 3.05) is 5.32 Å². The van der Waals surface area contributed by atoms with Crippen molar-refractivity contribution in [1.82, 2.24) is 24.5 Å². The topological polar surface area (TPSA) is 77.6 Å². The highest BCUT2D eigenvalue weighted by Gasteiger charge is 2.35. The van der Waals surface area contributed by atoms with Gasteiger partial charge in [-0.05, 0) is 45.9 Å². The molecule has 7 nitrogen and oxygen atoms in total. The highest BCUT2D eigenvalue weighted by molar-refractivity contribution is 6.36. The van der Waals surface area contributed by atoms with E-state index in [0.717, 1.165) is 6.07 Å². The number of nitrogens with zero attached hydrogens (tertiary/aromatic N) is 5. The van der Waals surface area contributed by atoms with Gasteiger partial charge in [0.1, 0.15) is 6.54 Å². The molecule has 1 amide bonds. The molecule has 35 heavy (non-hydrogen) atoms. The Labute approximate surface area is 208 Å². The third kappa shape index (κ3) is 4.85. The molecule has 0 bridgehead atoms. The van der Waals surface area contributed by atoms with Crippen molar-refractivity contribution < 1.29 is 18.0 Å². The summed E-state index contributed by atoms with van der Waals surface area (Å²) in [5, 5.41) is 12.3. The Hall–Kier alpha value is -3.11. The number of carbonyl (C=O) groups is 1. The van der Waals surface area contributed by atoms with Crippen LogP contribution in [0.15, 0.2) is 24.3 Å². The van der Waals surface area contributed by atoms with Crippen LogP contribution in [0.5, 0.6) is 0 Å². The summed E-state index contributed by atoms with van der Waals surface area (Å²) in [5.74, 6) is -0.479. The van der Waals surface area contributed by atoms with E-state index in [1.165, 1.54) is 18.5 Å². The van der Waals surface area contributed by atoms with Crippen molar-refractivity contribution in [3.8, 4) is 0 Å². The van der Waals surface area contributed by atoms with Gasteiger partial charge < -0.3 is 5.32 Å². The van der Waals surface area contributed by atoms with Crippen molar-refractivity contribution in [2.24, 2.45) is 0 Å². The van der Waals surface area contributed by atoms with Crippen molar-refractivity contribution >= 4 is 45.8 Å². The minimum Gasteiger partial charge on any atom is -0.321 e. The molecule has 184 valence electrons. The number of rotatable bonds is 5. The molecular formula is C23H21Cl2F3N6O. The maximum atomic E-state index is 13.6. The zero-order valence-electron chi connectivity index (χ0n) is 19.3. The van der Waals surface area contributed by atoms with Gasteiger partial charge in [-0.2, -0.15) is 23.4 Å². The van der Waals surface area contributed by atoms with Gasteiger partial charge in [-0.15, -0.1) is 0 Å². The Morgan fingerprint density at radius 1 is 1.03 bits per heavy atom. The molecule has 1 N–H and O–H groups in total. The van der Waals surface area contributed by atoms with E-state index in [9.17, 15) is 18.0 Å². The summed E-state index contributed by atoms with van der Waals surface area (Å²) in [7, 11) is 0. The Bertz CT molecular complexity index is 1440. The summed E-state index contributed by atoms with van der Waals surface area (Å²) >= 11 is 12.5. The predicted octanol–water partition coefficient (Wildman–Crippen LogP) is 5.87. The van der Waals surface area contributed by atoms with E-state index < -0.39 is 17.6 Å². The monoisotopic (exact) mass is 524 g/mol. The molecule has 0 saturated carbocycles. The molecule has 0 saturated heterocycles.